The minimum absolute atomic E-state index is 0.0152. The number of carbonyl (C=O) groups is 4. The highest BCUT2D eigenvalue weighted by molar-refractivity contribution is 6.33. The number of nitrogens with one attached hydrogen (secondary N) is 1. The summed E-state index contributed by atoms with van der Waals surface area (Å²) in [5.74, 6) is -1.53. The van der Waals surface area contributed by atoms with Gasteiger partial charge in [-0.2, -0.15) is 5.01 Å². The van der Waals surface area contributed by atoms with Crippen LogP contribution in [0.5, 0.6) is 0 Å². The summed E-state index contributed by atoms with van der Waals surface area (Å²) < 4.78 is 0. The van der Waals surface area contributed by atoms with E-state index in [1.54, 1.807) is 12.1 Å². The number of piperazine rings is 1. The highest BCUT2D eigenvalue weighted by Gasteiger charge is 2.43. The molecule has 33 heavy (non-hydrogen) atoms. The maximum atomic E-state index is 13.0. The topological polar surface area (TPSA) is 93.3 Å². The normalized spacial score (nSPS) is 19.2. The van der Waals surface area contributed by atoms with Gasteiger partial charge in [0.05, 0.1) is 28.4 Å². The summed E-state index contributed by atoms with van der Waals surface area (Å²) in [6.07, 6.45) is 0.0323. The molecule has 1 N–H and O–H groups in total. The molecular formula is C23H22ClN5O4. The van der Waals surface area contributed by atoms with Crippen LogP contribution in [0.15, 0.2) is 42.5 Å². The average Bonchev–Trinajstić information content (AvgIpc) is 3.05. The molecule has 170 valence electrons. The van der Waals surface area contributed by atoms with Crippen molar-refractivity contribution < 1.29 is 19.2 Å². The Morgan fingerprint density at radius 2 is 1.58 bits per heavy atom. The van der Waals surface area contributed by atoms with Gasteiger partial charge in [0, 0.05) is 39.1 Å². The molecular weight excluding hydrogens is 446 g/mol. The number of nitrogens with zero attached hydrogens (tertiary/aromatic N) is 4. The minimum atomic E-state index is -0.766. The van der Waals surface area contributed by atoms with Crippen LogP contribution in [0.3, 0.4) is 0 Å². The van der Waals surface area contributed by atoms with Crippen LogP contribution in [0.2, 0.25) is 5.02 Å². The molecule has 2 aromatic rings. The van der Waals surface area contributed by atoms with Crippen molar-refractivity contribution in [3.8, 4) is 0 Å². The molecule has 3 aliphatic rings. The van der Waals surface area contributed by atoms with E-state index in [4.69, 9.17) is 11.6 Å². The maximum Gasteiger partial charge on any atom is 0.343 e. The molecule has 0 unspecified atom stereocenters. The number of rotatable bonds is 4. The molecule has 10 heteroatoms. The number of anilines is 1. The Kier molecular flexibility index (Phi) is 5.51. The maximum absolute atomic E-state index is 13.0. The van der Waals surface area contributed by atoms with E-state index in [-0.39, 0.29) is 24.1 Å². The van der Waals surface area contributed by atoms with Crippen LogP contribution in [-0.4, -0.2) is 71.4 Å². The summed E-state index contributed by atoms with van der Waals surface area (Å²) >= 11 is 6.32. The number of fused-ring (bicyclic) bond motifs is 1. The monoisotopic (exact) mass is 467 g/mol. The number of carbonyl (C=O) groups excluding carboxylic acids is 4. The third-order valence-electron chi connectivity index (χ3n) is 6.17. The first-order valence-corrected chi connectivity index (χ1v) is 11.1. The van der Waals surface area contributed by atoms with Crippen LogP contribution >= 0.6 is 11.6 Å². The predicted molar refractivity (Wildman–Crippen MR) is 121 cm³/mol. The van der Waals surface area contributed by atoms with Crippen LogP contribution in [-0.2, 0) is 11.3 Å². The lowest BCUT2D eigenvalue weighted by molar-refractivity contribution is -0.122. The van der Waals surface area contributed by atoms with Gasteiger partial charge in [0.25, 0.3) is 11.8 Å². The van der Waals surface area contributed by atoms with Crippen LogP contribution < -0.4 is 10.2 Å². The van der Waals surface area contributed by atoms with Gasteiger partial charge in [0.2, 0.25) is 5.91 Å². The van der Waals surface area contributed by atoms with Gasteiger partial charge in [-0.15, -0.1) is 0 Å². The Morgan fingerprint density at radius 3 is 2.30 bits per heavy atom. The zero-order chi connectivity index (χ0) is 23.1. The Bertz CT molecular complexity index is 1160. The van der Waals surface area contributed by atoms with Crippen molar-refractivity contribution in [1.82, 2.24) is 20.2 Å². The van der Waals surface area contributed by atoms with Crippen molar-refractivity contribution in [2.24, 2.45) is 0 Å². The molecule has 5 amide bonds. The van der Waals surface area contributed by atoms with E-state index >= 15 is 0 Å². The quantitative estimate of drug-likeness (QED) is 0.692. The number of amides is 5. The number of urea groups is 1. The van der Waals surface area contributed by atoms with Crippen molar-refractivity contribution in [3.05, 3.63) is 64.2 Å². The van der Waals surface area contributed by atoms with E-state index in [9.17, 15) is 19.2 Å². The van der Waals surface area contributed by atoms with Crippen LogP contribution in [0.1, 0.15) is 32.7 Å². The molecule has 3 heterocycles. The largest absolute Gasteiger partial charge is 0.368 e. The molecule has 5 rings (SSSR count). The number of para-hydroxylation sites is 1. The lowest BCUT2D eigenvalue weighted by atomic mass is 10.1. The van der Waals surface area contributed by atoms with E-state index in [1.165, 1.54) is 0 Å². The molecule has 0 bridgehead atoms. The van der Waals surface area contributed by atoms with Gasteiger partial charge in [0.15, 0.2) is 0 Å². The molecule has 0 saturated carbocycles. The van der Waals surface area contributed by atoms with E-state index in [2.05, 4.69) is 15.1 Å². The Labute approximate surface area is 195 Å². The summed E-state index contributed by atoms with van der Waals surface area (Å²) in [6.45, 7) is 3.97. The molecule has 2 saturated heterocycles. The first-order valence-electron chi connectivity index (χ1n) is 10.8. The van der Waals surface area contributed by atoms with E-state index in [0.717, 1.165) is 52.5 Å². The van der Waals surface area contributed by atoms with Crippen molar-refractivity contribution in [3.63, 3.8) is 0 Å². The van der Waals surface area contributed by atoms with Gasteiger partial charge in [-0.05, 0) is 29.8 Å². The zero-order valence-electron chi connectivity index (χ0n) is 17.8. The van der Waals surface area contributed by atoms with Gasteiger partial charge in [-0.25, -0.2) is 9.80 Å². The van der Waals surface area contributed by atoms with Gasteiger partial charge in [-0.1, -0.05) is 29.8 Å². The summed E-state index contributed by atoms with van der Waals surface area (Å²) in [7, 11) is 0. The van der Waals surface area contributed by atoms with Crippen LogP contribution in [0, 0.1) is 0 Å². The summed E-state index contributed by atoms with van der Waals surface area (Å²) in [6, 6.07) is 12.2. The number of hydrogen-bond donors (Lipinski definition) is 1. The Balaban J connectivity index is 1.26. The van der Waals surface area contributed by atoms with Crippen molar-refractivity contribution in [2.45, 2.75) is 13.0 Å². The second kappa shape index (κ2) is 8.49. The Hall–Kier alpha value is -3.43. The van der Waals surface area contributed by atoms with Gasteiger partial charge in [0.1, 0.15) is 0 Å². The highest BCUT2D eigenvalue weighted by atomic mass is 35.5. The van der Waals surface area contributed by atoms with Gasteiger partial charge in [-0.3, -0.25) is 24.6 Å². The SMILES string of the molecule is O=C1CCN(N2C(=O)c3ccc(CN4CCN(c5ccccc5Cl)CC4)cc3C2=O)C(=O)N1. The molecule has 0 atom stereocenters. The molecule has 2 fully saturated rings. The lowest BCUT2D eigenvalue weighted by Gasteiger charge is -2.36. The first kappa shape index (κ1) is 21.4. The van der Waals surface area contributed by atoms with E-state index in [0.29, 0.717) is 6.54 Å². The second-order valence-electron chi connectivity index (χ2n) is 8.24. The molecule has 0 aromatic heterocycles. The highest BCUT2D eigenvalue weighted by Crippen LogP contribution is 2.28. The minimum Gasteiger partial charge on any atom is -0.368 e. The van der Waals surface area contributed by atoms with E-state index < -0.39 is 23.8 Å². The summed E-state index contributed by atoms with van der Waals surface area (Å²) in [5.41, 5.74) is 2.49. The molecule has 2 aromatic carbocycles. The number of hydrogen-bond acceptors (Lipinski definition) is 6. The summed E-state index contributed by atoms with van der Waals surface area (Å²) in [4.78, 5) is 53.9. The molecule has 9 nitrogen and oxygen atoms in total. The zero-order valence-corrected chi connectivity index (χ0v) is 18.5. The fourth-order valence-corrected chi connectivity index (χ4v) is 4.71. The number of benzene rings is 2. The standard InChI is InChI=1S/C23H22ClN5O4/c24-18-3-1-2-4-19(18)27-11-9-26(10-12-27)14-15-5-6-16-17(13-15)22(32)29(21(16)31)28-8-7-20(30)25-23(28)33/h1-6,13H,7-12,14H2,(H,25,30,33). The number of hydrazine groups is 1. The fraction of sp³-hybridized carbons (Fsp3) is 0.304. The van der Waals surface area contributed by atoms with Crippen molar-refractivity contribution >= 4 is 41.0 Å². The second-order valence-corrected chi connectivity index (χ2v) is 8.65. The lowest BCUT2D eigenvalue weighted by Crippen LogP contribution is -2.58. The predicted octanol–water partition coefficient (Wildman–Crippen LogP) is 2.12. The van der Waals surface area contributed by atoms with Crippen LogP contribution in [0.4, 0.5) is 10.5 Å². The molecule has 0 radical (unpaired) electrons. The smallest absolute Gasteiger partial charge is 0.343 e. The average molecular weight is 468 g/mol. The molecule has 0 aliphatic carbocycles. The van der Waals surface area contributed by atoms with Gasteiger partial charge >= 0.3 is 6.03 Å². The van der Waals surface area contributed by atoms with Crippen molar-refractivity contribution in [2.75, 3.05) is 37.6 Å². The third-order valence-corrected chi connectivity index (χ3v) is 6.49. The Morgan fingerprint density at radius 1 is 0.848 bits per heavy atom. The molecule has 0 spiro atoms. The fourth-order valence-electron chi connectivity index (χ4n) is 4.45. The van der Waals surface area contributed by atoms with Crippen molar-refractivity contribution in [1.29, 1.82) is 0 Å². The third kappa shape index (κ3) is 3.94. The van der Waals surface area contributed by atoms with E-state index in [1.807, 2.05) is 30.3 Å². The van der Waals surface area contributed by atoms with Gasteiger partial charge < -0.3 is 4.90 Å². The number of halogens is 1. The number of imide groups is 2. The van der Waals surface area contributed by atoms with Crippen LogP contribution in [0.25, 0.3) is 0 Å². The first-order chi connectivity index (χ1) is 15.9. The summed E-state index contributed by atoms with van der Waals surface area (Å²) in [5, 5.41) is 4.71. The molecule has 3 aliphatic heterocycles.